The van der Waals surface area contributed by atoms with Crippen LogP contribution in [0.4, 0.5) is 0 Å². The van der Waals surface area contributed by atoms with Crippen molar-refractivity contribution < 1.29 is 13.2 Å². The zero-order chi connectivity index (χ0) is 31.0. The number of fused-ring (bicyclic) bond motifs is 2. The molecular formula is C37H32BrN3O3S. The van der Waals surface area contributed by atoms with E-state index in [1.807, 2.05) is 37.5 Å². The monoisotopic (exact) mass is 677 g/mol. The molecule has 1 aliphatic heterocycles. The lowest BCUT2D eigenvalue weighted by atomic mass is 9.76. The topological polar surface area (TPSA) is 64.4 Å². The van der Waals surface area contributed by atoms with Crippen molar-refractivity contribution in [1.29, 1.82) is 0 Å². The molecule has 0 saturated heterocycles. The van der Waals surface area contributed by atoms with Crippen LogP contribution >= 0.6 is 15.9 Å². The van der Waals surface area contributed by atoms with E-state index in [0.717, 1.165) is 37.8 Å². The van der Waals surface area contributed by atoms with Crippen molar-refractivity contribution in [3.8, 4) is 5.75 Å². The largest absolute Gasteiger partial charge is 0.488 e. The summed E-state index contributed by atoms with van der Waals surface area (Å²) in [6.07, 6.45) is 2.29. The number of hydrogen-bond donors (Lipinski definition) is 0. The molecule has 45 heavy (non-hydrogen) atoms. The van der Waals surface area contributed by atoms with Crippen LogP contribution in [0.25, 0.3) is 11.0 Å². The van der Waals surface area contributed by atoms with Crippen molar-refractivity contribution in [2.75, 3.05) is 6.54 Å². The number of hydrogen-bond acceptors (Lipinski definition) is 4. The van der Waals surface area contributed by atoms with Gasteiger partial charge in [-0.15, -0.1) is 0 Å². The van der Waals surface area contributed by atoms with Crippen molar-refractivity contribution in [2.24, 2.45) is 0 Å². The molecule has 7 rings (SSSR count). The summed E-state index contributed by atoms with van der Waals surface area (Å²) in [6, 6.07) is 42.3. The molecule has 0 radical (unpaired) electrons. The van der Waals surface area contributed by atoms with E-state index in [4.69, 9.17) is 9.72 Å². The Balaban J connectivity index is 1.45. The Labute approximate surface area is 272 Å². The van der Waals surface area contributed by atoms with Crippen molar-refractivity contribution in [3.63, 3.8) is 0 Å². The van der Waals surface area contributed by atoms with Crippen LogP contribution in [0.15, 0.2) is 143 Å². The zero-order valence-corrected chi connectivity index (χ0v) is 27.2. The van der Waals surface area contributed by atoms with Crippen molar-refractivity contribution in [3.05, 3.63) is 160 Å². The summed E-state index contributed by atoms with van der Waals surface area (Å²) in [7, 11) is -3.83. The molecule has 6 aromatic rings. The van der Waals surface area contributed by atoms with Gasteiger partial charge in [0.05, 0.1) is 23.9 Å². The van der Waals surface area contributed by atoms with E-state index >= 15 is 0 Å². The number of para-hydroxylation sites is 1. The van der Waals surface area contributed by atoms with E-state index in [0.29, 0.717) is 12.2 Å². The number of sulfonamides is 1. The van der Waals surface area contributed by atoms with Gasteiger partial charge < -0.3 is 9.30 Å². The van der Waals surface area contributed by atoms with E-state index in [-0.39, 0.29) is 24.1 Å². The number of imidazole rings is 1. The van der Waals surface area contributed by atoms with Crippen molar-refractivity contribution in [1.82, 2.24) is 13.9 Å². The lowest BCUT2D eigenvalue weighted by Gasteiger charge is -2.38. The first-order chi connectivity index (χ1) is 21.9. The van der Waals surface area contributed by atoms with E-state index in [1.165, 1.54) is 4.31 Å². The maximum Gasteiger partial charge on any atom is 0.247 e. The molecule has 1 aromatic heterocycles. The predicted molar refractivity (Wildman–Crippen MR) is 181 cm³/mol. The average molecular weight is 679 g/mol. The molecular weight excluding hydrogens is 646 g/mol. The Morgan fingerprint density at radius 3 is 1.96 bits per heavy atom. The Bertz CT molecular complexity index is 1970. The number of aromatic nitrogens is 2. The van der Waals surface area contributed by atoms with Gasteiger partial charge in [-0.2, -0.15) is 4.31 Å². The minimum Gasteiger partial charge on any atom is -0.488 e. The third-order valence-corrected chi connectivity index (χ3v) is 10.9. The third kappa shape index (κ3) is 5.07. The van der Waals surface area contributed by atoms with Gasteiger partial charge in [0.2, 0.25) is 10.0 Å². The second-order valence-corrected chi connectivity index (χ2v) is 14.1. The minimum atomic E-state index is -3.83. The highest BCUT2D eigenvalue weighted by Crippen LogP contribution is 2.43. The highest BCUT2D eigenvalue weighted by molar-refractivity contribution is 9.10. The smallest absolute Gasteiger partial charge is 0.247 e. The quantitative estimate of drug-likeness (QED) is 0.161. The molecule has 226 valence electrons. The fraction of sp³-hybridized carbons (Fsp3) is 0.162. The van der Waals surface area contributed by atoms with Crippen LogP contribution in [0, 0.1) is 0 Å². The van der Waals surface area contributed by atoms with Crippen LogP contribution in [-0.2, 0) is 22.1 Å². The van der Waals surface area contributed by atoms with Crippen molar-refractivity contribution >= 4 is 37.0 Å². The average Bonchev–Trinajstić information content (AvgIpc) is 3.45. The molecule has 2 heterocycles. The van der Waals surface area contributed by atoms with Crippen LogP contribution in [0.2, 0.25) is 0 Å². The van der Waals surface area contributed by atoms with Crippen LogP contribution < -0.4 is 4.74 Å². The number of ether oxygens (including phenoxy) is 1. The summed E-state index contributed by atoms with van der Waals surface area (Å²) in [5, 5.41) is 0. The molecule has 0 fully saturated rings. The standard InChI is InChI=1S/C37H32BrN3O3S/c1-2-32-25-40(45(42,43)35-21-13-12-20-34(35)44-32)24-27-22-31(38)23-33-36(27)39-26-41(33)37(28-14-6-3-7-15-28,29-16-8-4-9-17-29)30-18-10-5-11-19-30/h3-23,26,32H,2,24-25H2,1H3/t32-/m1/s1. The summed E-state index contributed by atoms with van der Waals surface area (Å²) in [4.78, 5) is 5.20. The third-order valence-electron chi connectivity index (χ3n) is 8.60. The summed E-state index contributed by atoms with van der Waals surface area (Å²) in [5.74, 6) is 0.397. The van der Waals surface area contributed by atoms with Crippen LogP contribution in [0.1, 0.15) is 35.6 Å². The SMILES string of the molecule is CC[C@@H]1CN(Cc2cc(Br)cc3c2ncn3C(c2ccccc2)(c2ccccc2)c2ccccc2)S(=O)(=O)c2ccccc2O1. The van der Waals surface area contributed by atoms with Crippen LogP contribution in [0.5, 0.6) is 5.75 Å². The first kappa shape index (κ1) is 29.5. The van der Waals surface area contributed by atoms with Crippen molar-refractivity contribution in [2.45, 2.75) is 36.4 Å². The minimum absolute atomic E-state index is 0.151. The van der Waals surface area contributed by atoms with Crippen LogP contribution in [0.3, 0.4) is 0 Å². The van der Waals surface area contributed by atoms with Gasteiger partial charge in [-0.1, -0.05) is 126 Å². The van der Waals surface area contributed by atoms with E-state index < -0.39 is 15.6 Å². The Morgan fingerprint density at radius 2 is 1.38 bits per heavy atom. The normalized spacial score (nSPS) is 16.5. The molecule has 8 heteroatoms. The number of rotatable bonds is 7. The Morgan fingerprint density at radius 1 is 0.822 bits per heavy atom. The first-order valence-electron chi connectivity index (χ1n) is 15.0. The highest BCUT2D eigenvalue weighted by Gasteiger charge is 2.40. The van der Waals surface area contributed by atoms with E-state index in [1.54, 1.807) is 24.3 Å². The molecule has 0 N–H and O–H groups in total. The Hall–Kier alpha value is -4.24. The lowest BCUT2D eigenvalue weighted by molar-refractivity contribution is 0.168. The molecule has 0 spiro atoms. The molecule has 0 bridgehead atoms. The molecule has 5 aromatic carbocycles. The van der Waals surface area contributed by atoms with Gasteiger partial charge in [-0.25, -0.2) is 13.4 Å². The lowest BCUT2D eigenvalue weighted by Crippen LogP contribution is -2.37. The van der Waals surface area contributed by atoms with Gasteiger partial charge in [0.15, 0.2) is 0 Å². The molecule has 0 unspecified atom stereocenters. The first-order valence-corrected chi connectivity index (χ1v) is 17.2. The van der Waals surface area contributed by atoms with Gasteiger partial charge in [-0.3, -0.25) is 0 Å². The molecule has 0 amide bonds. The summed E-state index contributed by atoms with van der Waals surface area (Å²) < 4.78 is 38.8. The second kappa shape index (κ2) is 11.9. The Kier molecular flexibility index (Phi) is 7.81. The van der Waals surface area contributed by atoms with Gasteiger partial charge in [0.1, 0.15) is 22.3 Å². The van der Waals surface area contributed by atoms with Gasteiger partial charge in [0, 0.05) is 11.0 Å². The summed E-state index contributed by atoms with van der Waals surface area (Å²) in [5.41, 5.74) is 4.91. The number of benzene rings is 5. The fourth-order valence-electron chi connectivity index (χ4n) is 6.49. The zero-order valence-electron chi connectivity index (χ0n) is 24.8. The summed E-state index contributed by atoms with van der Waals surface area (Å²) in [6.45, 7) is 2.40. The molecule has 0 saturated carbocycles. The predicted octanol–water partition coefficient (Wildman–Crippen LogP) is 8.00. The second-order valence-electron chi connectivity index (χ2n) is 11.2. The maximum atomic E-state index is 14.0. The molecule has 6 nitrogen and oxygen atoms in total. The fourth-order valence-corrected chi connectivity index (χ4v) is 8.55. The molecule has 1 aliphatic rings. The highest BCUT2D eigenvalue weighted by atomic mass is 79.9. The maximum absolute atomic E-state index is 14.0. The van der Waals surface area contributed by atoms with Crippen LogP contribution in [-0.4, -0.2) is 34.9 Å². The van der Waals surface area contributed by atoms with Gasteiger partial charge in [-0.05, 0) is 52.9 Å². The van der Waals surface area contributed by atoms with Gasteiger partial charge in [0.25, 0.3) is 0 Å². The molecule has 1 atom stereocenters. The molecule has 0 aliphatic carbocycles. The van der Waals surface area contributed by atoms with E-state index in [9.17, 15) is 8.42 Å². The van der Waals surface area contributed by atoms with E-state index in [2.05, 4.69) is 99.4 Å². The van der Waals surface area contributed by atoms with Gasteiger partial charge >= 0.3 is 0 Å². The number of halogens is 1. The number of nitrogens with zero attached hydrogens (tertiary/aromatic N) is 3. The summed E-state index contributed by atoms with van der Waals surface area (Å²) >= 11 is 3.76.